The van der Waals surface area contributed by atoms with E-state index in [9.17, 15) is 21.6 Å². The van der Waals surface area contributed by atoms with E-state index in [1.165, 1.54) is 6.08 Å². The molecule has 0 unspecified atom stereocenters. The summed E-state index contributed by atoms with van der Waals surface area (Å²) in [6, 6.07) is 0. The van der Waals surface area contributed by atoms with Crippen LogP contribution in [0.5, 0.6) is 0 Å². The topological polar surface area (TPSA) is 46.6 Å². The van der Waals surface area contributed by atoms with Gasteiger partial charge in [0.25, 0.3) is 0 Å². The molecule has 1 rings (SSSR count). The van der Waals surface area contributed by atoms with Crippen LogP contribution in [0.4, 0.5) is 13.2 Å². The van der Waals surface area contributed by atoms with E-state index in [0.29, 0.717) is 13.1 Å². The molecule has 1 heterocycles. The summed E-state index contributed by atoms with van der Waals surface area (Å²) in [4.78, 5) is 2.01. The fraction of sp³-hybridized carbons (Fsp3) is 0.778. The third-order valence-corrected chi connectivity index (χ3v) is 3.29. The Kier molecular flexibility index (Phi) is 4.42. The highest BCUT2D eigenvalue weighted by atomic mass is 32.2. The molecule has 0 saturated carbocycles. The van der Waals surface area contributed by atoms with Crippen molar-refractivity contribution in [3.63, 3.8) is 0 Å². The summed E-state index contributed by atoms with van der Waals surface area (Å²) in [5, 5.41) is 0. The van der Waals surface area contributed by atoms with Gasteiger partial charge in [-0.25, -0.2) is 0 Å². The predicted molar refractivity (Wildman–Crippen MR) is 55.5 cm³/mol. The molecule has 0 spiro atoms. The van der Waals surface area contributed by atoms with Crippen molar-refractivity contribution in [2.24, 2.45) is 0 Å². The van der Waals surface area contributed by atoms with Gasteiger partial charge in [0, 0.05) is 19.5 Å². The molecule has 0 aromatic heterocycles. The molecule has 0 fully saturated rings. The van der Waals surface area contributed by atoms with Crippen LogP contribution in [0.15, 0.2) is 11.8 Å². The van der Waals surface area contributed by atoms with Gasteiger partial charge in [-0.1, -0.05) is 6.92 Å². The molecule has 0 atom stereocenters. The Morgan fingerprint density at radius 2 is 2.12 bits per heavy atom. The lowest BCUT2D eigenvalue weighted by Gasteiger charge is -2.25. The van der Waals surface area contributed by atoms with E-state index in [-0.39, 0.29) is 12.2 Å². The summed E-state index contributed by atoms with van der Waals surface area (Å²) < 4.78 is 61.6. The lowest BCUT2D eigenvalue weighted by molar-refractivity contribution is -0.0525. The van der Waals surface area contributed by atoms with Gasteiger partial charge in [-0.05, 0) is 19.0 Å². The zero-order chi connectivity index (χ0) is 13.1. The summed E-state index contributed by atoms with van der Waals surface area (Å²) in [6.07, 6.45) is 2.49. The highest BCUT2D eigenvalue weighted by Gasteiger charge is 2.48. The second-order valence-electron chi connectivity index (χ2n) is 3.70. The fourth-order valence-corrected chi connectivity index (χ4v) is 2.00. The molecule has 1 aliphatic heterocycles. The normalized spacial score (nSPS) is 18.9. The summed E-state index contributed by atoms with van der Waals surface area (Å²) in [6.45, 7) is 3.74. The highest BCUT2D eigenvalue weighted by Crippen LogP contribution is 2.28. The lowest BCUT2D eigenvalue weighted by Crippen LogP contribution is -2.32. The van der Waals surface area contributed by atoms with E-state index in [0.717, 1.165) is 13.0 Å². The third kappa shape index (κ3) is 3.88. The van der Waals surface area contributed by atoms with Crippen LogP contribution in [-0.2, 0) is 14.3 Å². The van der Waals surface area contributed by atoms with Crippen LogP contribution < -0.4 is 0 Å². The molecule has 0 amide bonds. The minimum atomic E-state index is -5.51. The first-order chi connectivity index (χ1) is 7.76. The number of rotatable bonds is 4. The molecule has 0 aliphatic carbocycles. The van der Waals surface area contributed by atoms with Gasteiger partial charge in [0.1, 0.15) is 5.76 Å². The maximum atomic E-state index is 12.0. The average Bonchev–Trinajstić information content (AvgIpc) is 2.19. The predicted octanol–water partition coefficient (Wildman–Crippen LogP) is 1.85. The SMILES string of the molecule is CCCN1CC=C(OS(=O)(=O)C(F)(F)F)CC1. The Hall–Kier alpha value is -0.760. The van der Waals surface area contributed by atoms with Crippen LogP contribution in [0.2, 0.25) is 0 Å². The van der Waals surface area contributed by atoms with Gasteiger partial charge in [0.15, 0.2) is 0 Å². The highest BCUT2D eigenvalue weighted by molar-refractivity contribution is 7.87. The molecule has 1 aliphatic rings. The fourth-order valence-electron chi connectivity index (χ4n) is 1.48. The standard InChI is InChI=1S/C9H14F3NO3S/c1-2-5-13-6-3-8(4-7-13)16-17(14,15)9(10,11)12/h3H,2,4-7H2,1H3. The van der Waals surface area contributed by atoms with Gasteiger partial charge < -0.3 is 4.18 Å². The molecule has 0 N–H and O–H groups in total. The van der Waals surface area contributed by atoms with Crippen LogP contribution in [0.25, 0.3) is 0 Å². The van der Waals surface area contributed by atoms with Crippen LogP contribution in [0, 0.1) is 0 Å². The van der Waals surface area contributed by atoms with Crippen molar-refractivity contribution in [3.05, 3.63) is 11.8 Å². The molecule has 0 radical (unpaired) electrons. The van der Waals surface area contributed by atoms with E-state index in [1.807, 2.05) is 11.8 Å². The van der Waals surface area contributed by atoms with Crippen molar-refractivity contribution in [2.45, 2.75) is 25.3 Å². The smallest absolute Gasteiger partial charge is 0.381 e. The first kappa shape index (κ1) is 14.3. The maximum Gasteiger partial charge on any atom is 0.534 e. The summed E-state index contributed by atoms with van der Waals surface area (Å²) in [7, 11) is -5.51. The Morgan fingerprint density at radius 1 is 1.47 bits per heavy atom. The van der Waals surface area contributed by atoms with E-state index in [1.54, 1.807) is 0 Å². The van der Waals surface area contributed by atoms with E-state index < -0.39 is 15.6 Å². The molecular weight excluding hydrogens is 259 g/mol. The molecule has 100 valence electrons. The van der Waals surface area contributed by atoms with Gasteiger partial charge in [-0.15, -0.1) is 0 Å². The summed E-state index contributed by atoms with van der Waals surface area (Å²) >= 11 is 0. The molecule has 0 bridgehead atoms. The largest absolute Gasteiger partial charge is 0.534 e. The van der Waals surface area contributed by atoms with Gasteiger partial charge in [-0.3, -0.25) is 4.90 Å². The molecular formula is C9H14F3NO3S. The van der Waals surface area contributed by atoms with Crippen LogP contribution in [0.1, 0.15) is 19.8 Å². The third-order valence-electron chi connectivity index (χ3n) is 2.29. The zero-order valence-electron chi connectivity index (χ0n) is 9.33. The van der Waals surface area contributed by atoms with Crippen molar-refractivity contribution in [1.82, 2.24) is 4.90 Å². The monoisotopic (exact) mass is 273 g/mol. The number of nitrogens with zero attached hydrogens (tertiary/aromatic N) is 1. The number of hydrogen-bond acceptors (Lipinski definition) is 4. The van der Waals surface area contributed by atoms with Crippen molar-refractivity contribution in [2.75, 3.05) is 19.6 Å². The second kappa shape index (κ2) is 5.26. The Labute approximate surface area is 98.2 Å². The van der Waals surface area contributed by atoms with Crippen molar-refractivity contribution in [1.29, 1.82) is 0 Å². The molecule has 0 aromatic rings. The number of halogens is 3. The Balaban J connectivity index is 2.61. The average molecular weight is 273 g/mol. The Morgan fingerprint density at radius 3 is 2.53 bits per heavy atom. The maximum absolute atomic E-state index is 12.0. The van der Waals surface area contributed by atoms with E-state index >= 15 is 0 Å². The molecule has 0 aromatic carbocycles. The summed E-state index contributed by atoms with van der Waals surface area (Å²) in [5.41, 5.74) is -5.37. The zero-order valence-corrected chi connectivity index (χ0v) is 10.1. The van der Waals surface area contributed by atoms with Crippen LogP contribution in [0.3, 0.4) is 0 Å². The minimum Gasteiger partial charge on any atom is -0.381 e. The van der Waals surface area contributed by atoms with E-state index in [2.05, 4.69) is 4.18 Å². The minimum absolute atomic E-state index is 0.130. The Bertz CT molecular complexity index is 389. The second-order valence-corrected chi connectivity index (χ2v) is 5.24. The van der Waals surface area contributed by atoms with E-state index in [4.69, 9.17) is 0 Å². The van der Waals surface area contributed by atoms with Crippen LogP contribution in [-0.4, -0.2) is 38.5 Å². The quantitative estimate of drug-likeness (QED) is 0.579. The first-order valence-corrected chi connectivity index (χ1v) is 6.59. The van der Waals surface area contributed by atoms with Gasteiger partial charge >= 0.3 is 15.6 Å². The van der Waals surface area contributed by atoms with Crippen molar-refractivity contribution >= 4 is 10.1 Å². The molecule has 17 heavy (non-hydrogen) atoms. The summed E-state index contributed by atoms with van der Waals surface area (Å²) in [5.74, 6) is -0.130. The van der Waals surface area contributed by atoms with Gasteiger partial charge in [0.2, 0.25) is 0 Å². The number of hydrogen-bond donors (Lipinski definition) is 0. The van der Waals surface area contributed by atoms with Gasteiger partial charge in [0.05, 0.1) is 0 Å². The molecule has 8 heteroatoms. The van der Waals surface area contributed by atoms with Gasteiger partial charge in [-0.2, -0.15) is 21.6 Å². The number of alkyl halides is 3. The molecule has 0 saturated heterocycles. The first-order valence-electron chi connectivity index (χ1n) is 5.18. The lowest BCUT2D eigenvalue weighted by atomic mass is 10.2. The van der Waals surface area contributed by atoms with Crippen molar-refractivity contribution in [3.8, 4) is 0 Å². The molecule has 4 nitrogen and oxygen atoms in total. The van der Waals surface area contributed by atoms with Crippen molar-refractivity contribution < 1.29 is 25.8 Å². The van der Waals surface area contributed by atoms with Crippen LogP contribution >= 0.6 is 0 Å².